The lowest BCUT2D eigenvalue weighted by Gasteiger charge is -2.28. The molecule has 0 saturated heterocycles. The predicted octanol–water partition coefficient (Wildman–Crippen LogP) is 2.07. The summed E-state index contributed by atoms with van der Waals surface area (Å²) < 4.78 is 15.1. The van der Waals surface area contributed by atoms with Gasteiger partial charge in [0.1, 0.15) is 16.5 Å². The summed E-state index contributed by atoms with van der Waals surface area (Å²) >= 11 is 0. The summed E-state index contributed by atoms with van der Waals surface area (Å²) in [6, 6.07) is 0. The summed E-state index contributed by atoms with van der Waals surface area (Å²) in [4.78, 5) is 14.5. The van der Waals surface area contributed by atoms with Crippen molar-refractivity contribution in [1.29, 1.82) is 0 Å². The van der Waals surface area contributed by atoms with Gasteiger partial charge in [0.2, 0.25) is 0 Å². The zero-order valence-electron chi connectivity index (χ0n) is 18.3. The molecule has 0 fully saturated rings. The van der Waals surface area contributed by atoms with E-state index in [1.165, 1.54) is 0 Å². The Labute approximate surface area is 160 Å². The Morgan fingerprint density at radius 2 is 0.833 bits per heavy atom. The van der Waals surface area contributed by atoms with Gasteiger partial charge in [0.05, 0.1) is 0 Å². The van der Waals surface area contributed by atoms with Crippen LogP contribution in [0.5, 0.6) is 0 Å². The van der Waals surface area contributed by atoms with Crippen LogP contribution in [-0.2, 0) is 8.23 Å². The van der Waals surface area contributed by atoms with Crippen molar-refractivity contribution < 1.29 is 17.8 Å². The lowest BCUT2D eigenvalue weighted by Crippen LogP contribution is -2.55. The quantitative estimate of drug-likeness (QED) is 0.461. The average Bonchev–Trinajstić information content (AvgIpc) is 2.07. The van der Waals surface area contributed by atoms with Crippen molar-refractivity contribution in [3.05, 3.63) is 0 Å². The van der Waals surface area contributed by atoms with Crippen molar-refractivity contribution in [1.82, 2.24) is 10.8 Å². The summed E-state index contributed by atoms with van der Waals surface area (Å²) in [5.74, 6) is 0. The molecule has 0 radical (unpaired) electrons. The summed E-state index contributed by atoms with van der Waals surface area (Å²) in [6.45, 7) is 27.3. The molecule has 0 spiro atoms. The predicted molar refractivity (Wildman–Crippen MR) is 125 cm³/mol. The summed E-state index contributed by atoms with van der Waals surface area (Å²) in [5, 5.41) is 0. The molecule has 0 amide bonds. The van der Waals surface area contributed by atoms with E-state index >= 15 is 0 Å². The molecular weight excluding hydrogens is 405 g/mol. The standard InChI is InChI=1S/C6H19NSi2.C6H20O2Si3.H3N.H4O2Si/c1-8(2,3)7-9(4,5)6;1-10(2,3)7-9-8-11(4,5)6;;1-3-2/h7H,1-6H3;9H2,1-6H3;1H3;1-2H,3H2. The number of hydrogen-bond acceptors (Lipinski definition) is 6. The summed E-state index contributed by atoms with van der Waals surface area (Å²) in [5.41, 5.74) is 0. The minimum Gasteiger partial charge on any atom is -0.441 e. The van der Waals surface area contributed by atoms with Gasteiger partial charge in [-0.25, -0.2) is 0 Å². The molecule has 0 aromatic rings. The van der Waals surface area contributed by atoms with Gasteiger partial charge in [-0.05, 0) is 39.3 Å². The van der Waals surface area contributed by atoms with Gasteiger partial charge >= 0.3 is 0 Å². The molecule has 0 saturated carbocycles. The third-order valence-corrected chi connectivity index (χ3v) is 15.6. The Balaban J connectivity index is -0.000000140. The maximum atomic E-state index is 7.26. The van der Waals surface area contributed by atoms with Crippen LogP contribution in [0.4, 0.5) is 0 Å². The smallest absolute Gasteiger partial charge is 0.299 e. The van der Waals surface area contributed by atoms with Gasteiger partial charge in [-0.15, -0.1) is 0 Å². The summed E-state index contributed by atoms with van der Waals surface area (Å²) in [7, 11) is -6.81. The lowest BCUT2D eigenvalue weighted by molar-refractivity contribution is 0.448. The molecule has 0 aromatic carbocycles. The Morgan fingerprint density at radius 3 is 0.917 bits per heavy atom. The SMILES string of the molecule is C[Si](C)(C)N[Si](C)(C)C.C[Si](C)(C)O[SiH2]O[Si](C)(C)C.N.O[SiH2]O. The van der Waals surface area contributed by atoms with Gasteiger partial charge in [-0.2, -0.15) is 0 Å². The molecular formula is C12H46N2O4Si6. The molecule has 12 heteroatoms. The van der Waals surface area contributed by atoms with Gasteiger partial charge in [0, 0.05) is 0 Å². The number of hydrogen-bond donors (Lipinski definition) is 4. The van der Waals surface area contributed by atoms with E-state index in [9.17, 15) is 0 Å². The van der Waals surface area contributed by atoms with Crippen LogP contribution in [0.1, 0.15) is 0 Å². The highest BCUT2D eigenvalue weighted by atomic mass is 28.4. The molecule has 0 aromatic heterocycles. The maximum absolute atomic E-state index is 7.26. The molecule has 152 valence electrons. The Hall–Kier alpha value is 1.06. The fourth-order valence-corrected chi connectivity index (χ4v) is 14.1. The minimum absolute atomic E-state index is 0. The third kappa shape index (κ3) is 49.5. The first kappa shape index (κ1) is 32.7. The monoisotopic (exact) mass is 450 g/mol. The van der Waals surface area contributed by atoms with E-state index in [1.807, 2.05) is 0 Å². The van der Waals surface area contributed by atoms with Crippen molar-refractivity contribution in [3.8, 4) is 0 Å². The second-order valence-electron chi connectivity index (χ2n) is 9.40. The first-order valence-corrected chi connectivity index (χ1v) is 24.4. The molecule has 0 unspecified atom stereocenters. The topological polar surface area (TPSA) is 106 Å². The van der Waals surface area contributed by atoms with Gasteiger partial charge in [0.25, 0.3) is 20.0 Å². The Kier molecular flexibility index (Phi) is 19.3. The van der Waals surface area contributed by atoms with Crippen LogP contribution < -0.4 is 10.8 Å². The van der Waals surface area contributed by atoms with Gasteiger partial charge in [-0.3, -0.25) is 0 Å². The molecule has 24 heavy (non-hydrogen) atoms. The van der Waals surface area contributed by atoms with Crippen molar-refractivity contribution in [2.45, 2.75) is 78.6 Å². The van der Waals surface area contributed by atoms with Crippen molar-refractivity contribution in [3.63, 3.8) is 0 Å². The van der Waals surface area contributed by atoms with Crippen LogP contribution in [0.15, 0.2) is 0 Å². The van der Waals surface area contributed by atoms with Crippen LogP contribution in [0.3, 0.4) is 0 Å². The van der Waals surface area contributed by atoms with Crippen LogP contribution in [-0.4, -0.2) is 62.7 Å². The number of rotatable bonds is 6. The molecule has 0 aliphatic rings. The Morgan fingerprint density at radius 1 is 0.625 bits per heavy atom. The van der Waals surface area contributed by atoms with E-state index in [0.29, 0.717) is 0 Å². The fourth-order valence-electron chi connectivity index (χ4n) is 1.51. The molecule has 0 aliphatic carbocycles. The highest BCUT2D eigenvalue weighted by Gasteiger charge is 2.22. The zero-order valence-corrected chi connectivity index (χ0v) is 25.2. The first-order valence-electron chi connectivity index (χ1n) is 8.12. The zero-order chi connectivity index (χ0) is 19.5. The first-order chi connectivity index (χ1) is 9.83. The largest absolute Gasteiger partial charge is 0.441 e. The summed E-state index contributed by atoms with van der Waals surface area (Å²) in [6.07, 6.45) is 0. The van der Waals surface area contributed by atoms with E-state index in [-0.39, 0.29) is 6.15 Å². The molecule has 0 rings (SSSR count). The van der Waals surface area contributed by atoms with E-state index < -0.39 is 53.1 Å². The Bertz CT molecular complexity index is 259. The molecule has 0 aliphatic heterocycles. The van der Waals surface area contributed by atoms with Gasteiger partial charge in [-0.1, -0.05) is 39.3 Å². The van der Waals surface area contributed by atoms with Crippen LogP contribution in [0, 0.1) is 0 Å². The van der Waals surface area contributed by atoms with Crippen LogP contribution in [0.2, 0.25) is 78.6 Å². The average molecular weight is 451 g/mol. The van der Waals surface area contributed by atoms with Crippen LogP contribution in [0.25, 0.3) is 0 Å². The van der Waals surface area contributed by atoms with Gasteiger partial charge in [0.15, 0.2) is 16.6 Å². The van der Waals surface area contributed by atoms with E-state index in [4.69, 9.17) is 17.8 Å². The van der Waals surface area contributed by atoms with Gasteiger partial charge < -0.3 is 28.6 Å². The van der Waals surface area contributed by atoms with E-state index in [2.05, 4.69) is 83.2 Å². The maximum Gasteiger partial charge on any atom is 0.299 e. The van der Waals surface area contributed by atoms with Crippen molar-refractivity contribution >= 4 is 53.1 Å². The molecule has 0 bridgehead atoms. The minimum atomic E-state index is -1.58. The second-order valence-corrected chi connectivity index (χ2v) is 30.7. The van der Waals surface area contributed by atoms with Crippen molar-refractivity contribution in [2.24, 2.45) is 0 Å². The molecule has 0 atom stereocenters. The molecule has 0 heterocycles. The molecule has 6 nitrogen and oxygen atoms in total. The third-order valence-electron chi connectivity index (χ3n) is 1.73. The van der Waals surface area contributed by atoms with E-state index in [1.54, 1.807) is 0 Å². The normalized spacial score (nSPS) is 12.2. The van der Waals surface area contributed by atoms with Crippen molar-refractivity contribution in [2.75, 3.05) is 0 Å². The highest BCUT2D eigenvalue weighted by molar-refractivity contribution is 6.90. The second kappa shape index (κ2) is 14.2. The molecule has 6 N–H and O–H groups in total. The number of nitrogens with one attached hydrogen (secondary N) is 1. The van der Waals surface area contributed by atoms with E-state index in [0.717, 1.165) is 0 Å². The fraction of sp³-hybridized carbons (Fsp3) is 1.00. The lowest BCUT2D eigenvalue weighted by atomic mass is 11.8. The van der Waals surface area contributed by atoms with Crippen LogP contribution >= 0.6 is 0 Å². The highest BCUT2D eigenvalue weighted by Crippen LogP contribution is 2.05.